The Morgan fingerprint density at radius 3 is 2.88 bits per heavy atom. The standard InChI is InChI=1S/C16H18F3N3O2S/c1-10-4-5-11(13(7-10)24-9-12-3-2-6-23-12)8-20-15-22-21-14(25-15)16(17,18)19/h4-5,7,12H,2-3,6,8-9H2,1H3,(H,20,22). The molecule has 0 saturated carbocycles. The van der Waals surface area contributed by atoms with Gasteiger partial charge in [0.1, 0.15) is 12.4 Å². The van der Waals surface area contributed by atoms with Crippen LogP contribution < -0.4 is 10.1 Å². The largest absolute Gasteiger partial charge is 0.491 e. The van der Waals surface area contributed by atoms with E-state index in [0.717, 1.165) is 30.6 Å². The van der Waals surface area contributed by atoms with Crippen LogP contribution in [0.5, 0.6) is 5.75 Å². The van der Waals surface area contributed by atoms with Crippen molar-refractivity contribution >= 4 is 16.5 Å². The first-order chi connectivity index (χ1) is 11.9. The zero-order valence-corrected chi connectivity index (χ0v) is 14.4. The normalized spacial score (nSPS) is 17.7. The summed E-state index contributed by atoms with van der Waals surface area (Å²) in [5.74, 6) is 0.698. The maximum absolute atomic E-state index is 12.6. The molecule has 1 aromatic heterocycles. The highest BCUT2D eigenvalue weighted by Crippen LogP contribution is 2.33. The van der Waals surface area contributed by atoms with Crippen LogP contribution in [-0.2, 0) is 17.5 Å². The lowest BCUT2D eigenvalue weighted by atomic mass is 10.1. The van der Waals surface area contributed by atoms with Crippen LogP contribution in [0.15, 0.2) is 18.2 Å². The number of anilines is 1. The summed E-state index contributed by atoms with van der Waals surface area (Å²) in [4.78, 5) is 0. The number of ether oxygens (including phenoxy) is 2. The van der Waals surface area contributed by atoms with E-state index in [-0.39, 0.29) is 11.2 Å². The molecule has 5 nitrogen and oxygen atoms in total. The molecule has 0 spiro atoms. The van der Waals surface area contributed by atoms with Crippen molar-refractivity contribution in [2.45, 2.75) is 38.6 Å². The summed E-state index contributed by atoms with van der Waals surface area (Å²) < 4.78 is 49.1. The molecule has 1 N–H and O–H groups in total. The second-order valence-electron chi connectivity index (χ2n) is 5.82. The summed E-state index contributed by atoms with van der Waals surface area (Å²) in [6.45, 7) is 3.48. The molecule has 25 heavy (non-hydrogen) atoms. The summed E-state index contributed by atoms with van der Waals surface area (Å²) in [7, 11) is 0. The fraction of sp³-hybridized carbons (Fsp3) is 0.500. The monoisotopic (exact) mass is 373 g/mol. The van der Waals surface area contributed by atoms with Crippen LogP contribution in [0, 0.1) is 6.92 Å². The number of rotatable bonds is 6. The second-order valence-corrected chi connectivity index (χ2v) is 6.80. The summed E-state index contributed by atoms with van der Waals surface area (Å²) in [5, 5.41) is 8.72. The Balaban J connectivity index is 1.64. The van der Waals surface area contributed by atoms with Crippen LogP contribution in [-0.4, -0.2) is 29.5 Å². The third-order valence-corrected chi connectivity index (χ3v) is 4.69. The molecule has 1 aromatic carbocycles. The van der Waals surface area contributed by atoms with Gasteiger partial charge < -0.3 is 14.8 Å². The van der Waals surface area contributed by atoms with E-state index >= 15 is 0 Å². The summed E-state index contributed by atoms with van der Waals surface area (Å²) >= 11 is 0.483. The lowest BCUT2D eigenvalue weighted by Crippen LogP contribution is -2.17. The molecule has 1 saturated heterocycles. The highest BCUT2D eigenvalue weighted by Gasteiger charge is 2.35. The molecule has 0 aliphatic carbocycles. The van der Waals surface area contributed by atoms with Gasteiger partial charge in [0.05, 0.1) is 6.10 Å². The van der Waals surface area contributed by atoms with Gasteiger partial charge in [-0.1, -0.05) is 23.5 Å². The summed E-state index contributed by atoms with van der Waals surface area (Å²) in [5.41, 5.74) is 1.88. The Morgan fingerprint density at radius 1 is 1.36 bits per heavy atom. The van der Waals surface area contributed by atoms with E-state index in [0.29, 0.717) is 30.2 Å². The summed E-state index contributed by atoms with van der Waals surface area (Å²) in [6, 6.07) is 5.73. The SMILES string of the molecule is Cc1ccc(CNc2nnc(C(F)(F)F)s2)c(OCC2CCCO2)c1. The predicted octanol–water partition coefficient (Wildman–Crippen LogP) is 4.04. The molecule has 2 heterocycles. The first-order valence-electron chi connectivity index (χ1n) is 7.90. The van der Waals surface area contributed by atoms with Gasteiger partial charge in [0.25, 0.3) is 0 Å². The molecular formula is C16H18F3N3O2S. The van der Waals surface area contributed by atoms with E-state index in [2.05, 4.69) is 15.5 Å². The van der Waals surface area contributed by atoms with Gasteiger partial charge in [-0.15, -0.1) is 10.2 Å². The van der Waals surface area contributed by atoms with E-state index in [1.54, 1.807) is 0 Å². The van der Waals surface area contributed by atoms with Crippen LogP contribution in [0.3, 0.4) is 0 Å². The molecule has 9 heteroatoms. The average Bonchev–Trinajstić information content (AvgIpc) is 3.23. The lowest BCUT2D eigenvalue weighted by molar-refractivity contribution is -0.138. The molecule has 1 atom stereocenters. The maximum Gasteiger partial charge on any atom is 0.445 e. The van der Waals surface area contributed by atoms with Gasteiger partial charge in [-0.25, -0.2) is 0 Å². The van der Waals surface area contributed by atoms with E-state index in [9.17, 15) is 13.2 Å². The van der Waals surface area contributed by atoms with Crippen molar-refractivity contribution < 1.29 is 22.6 Å². The molecule has 2 aromatic rings. The Morgan fingerprint density at radius 2 is 2.20 bits per heavy atom. The number of aryl methyl sites for hydroxylation is 1. The van der Waals surface area contributed by atoms with Crippen molar-refractivity contribution in [1.82, 2.24) is 10.2 Å². The Kier molecular flexibility index (Phi) is 5.43. The molecule has 1 unspecified atom stereocenters. The van der Waals surface area contributed by atoms with Gasteiger partial charge in [0, 0.05) is 18.7 Å². The third-order valence-electron chi connectivity index (χ3n) is 3.77. The van der Waals surface area contributed by atoms with Crippen molar-refractivity contribution in [3.8, 4) is 5.75 Å². The number of nitrogens with zero attached hydrogens (tertiary/aromatic N) is 2. The van der Waals surface area contributed by atoms with Gasteiger partial charge in [-0.05, 0) is 31.4 Å². The van der Waals surface area contributed by atoms with E-state index in [4.69, 9.17) is 9.47 Å². The quantitative estimate of drug-likeness (QED) is 0.828. The van der Waals surface area contributed by atoms with Crippen molar-refractivity contribution in [2.24, 2.45) is 0 Å². The van der Waals surface area contributed by atoms with Crippen molar-refractivity contribution in [3.63, 3.8) is 0 Å². The van der Waals surface area contributed by atoms with Gasteiger partial charge >= 0.3 is 6.18 Å². The number of halogens is 3. The number of hydrogen-bond acceptors (Lipinski definition) is 6. The fourth-order valence-corrected chi connectivity index (χ4v) is 3.09. The molecule has 1 fully saturated rings. The Labute approximate surface area is 147 Å². The smallest absolute Gasteiger partial charge is 0.445 e. The van der Waals surface area contributed by atoms with Crippen molar-refractivity contribution in [2.75, 3.05) is 18.5 Å². The second kappa shape index (κ2) is 7.57. The van der Waals surface area contributed by atoms with E-state index in [1.165, 1.54) is 0 Å². The van der Waals surface area contributed by atoms with Crippen LogP contribution in [0.25, 0.3) is 0 Å². The van der Waals surface area contributed by atoms with Gasteiger partial charge in [-0.2, -0.15) is 13.2 Å². The minimum Gasteiger partial charge on any atom is -0.491 e. The van der Waals surface area contributed by atoms with Crippen molar-refractivity contribution in [3.05, 3.63) is 34.3 Å². The molecule has 0 amide bonds. The fourth-order valence-electron chi connectivity index (χ4n) is 2.48. The molecule has 1 aliphatic heterocycles. The minimum absolute atomic E-state index is 0.0961. The Hall–Kier alpha value is -1.87. The van der Waals surface area contributed by atoms with E-state index in [1.807, 2.05) is 25.1 Å². The molecule has 3 rings (SSSR count). The van der Waals surface area contributed by atoms with E-state index < -0.39 is 11.2 Å². The number of nitrogens with one attached hydrogen (secondary N) is 1. The first-order valence-corrected chi connectivity index (χ1v) is 8.72. The maximum atomic E-state index is 12.6. The van der Waals surface area contributed by atoms with Crippen molar-refractivity contribution in [1.29, 1.82) is 0 Å². The van der Waals surface area contributed by atoms with Crippen LogP contribution in [0.1, 0.15) is 29.0 Å². The van der Waals surface area contributed by atoms with Gasteiger partial charge in [0.2, 0.25) is 10.1 Å². The van der Waals surface area contributed by atoms with Crippen LogP contribution >= 0.6 is 11.3 Å². The minimum atomic E-state index is -4.48. The summed E-state index contributed by atoms with van der Waals surface area (Å²) in [6.07, 6.45) is -2.37. The number of alkyl halides is 3. The zero-order valence-electron chi connectivity index (χ0n) is 13.6. The molecule has 0 bridgehead atoms. The lowest BCUT2D eigenvalue weighted by Gasteiger charge is -2.15. The highest BCUT2D eigenvalue weighted by atomic mass is 32.1. The first kappa shape index (κ1) is 17.9. The number of aromatic nitrogens is 2. The molecule has 1 aliphatic rings. The third kappa shape index (κ3) is 4.82. The van der Waals surface area contributed by atoms with Crippen LogP contribution in [0.4, 0.5) is 18.3 Å². The highest BCUT2D eigenvalue weighted by molar-refractivity contribution is 7.15. The topological polar surface area (TPSA) is 56.3 Å². The molecule has 0 radical (unpaired) electrons. The molecular weight excluding hydrogens is 355 g/mol. The number of benzene rings is 1. The van der Waals surface area contributed by atoms with Crippen LogP contribution in [0.2, 0.25) is 0 Å². The van der Waals surface area contributed by atoms with Gasteiger partial charge in [-0.3, -0.25) is 0 Å². The number of hydrogen-bond donors (Lipinski definition) is 1. The average molecular weight is 373 g/mol. The van der Waals surface area contributed by atoms with Gasteiger partial charge in [0.15, 0.2) is 0 Å². The zero-order chi connectivity index (χ0) is 17.9. The molecule has 136 valence electrons. The predicted molar refractivity (Wildman–Crippen MR) is 87.9 cm³/mol. The Bertz CT molecular complexity index is 715.